The lowest BCUT2D eigenvalue weighted by Gasteiger charge is -2.12. The van der Waals surface area contributed by atoms with E-state index in [9.17, 15) is 0 Å². The minimum atomic E-state index is -0.0419. The normalized spacial score (nSPS) is 9.41. The molecule has 182 valence electrons. The van der Waals surface area contributed by atoms with Crippen molar-refractivity contribution in [3.63, 3.8) is 0 Å². The number of benzene rings is 3. The Kier molecular flexibility index (Phi) is 12.5. The van der Waals surface area contributed by atoms with E-state index >= 15 is 0 Å². The lowest BCUT2D eigenvalue weighted by molar-refractivity contribution is 0.300. The molecule has 0 spiro atoms. The van der Waals surface area contributed by atoms with Crippen molar-refractivity contribution >= 4 is 54.7 Å². The molecular weight excluding hydrogens is 499 g/mol. The molecule has 9 N–H and O–H groups in total. The van der Waals surface area contributed by atoms with Gasteiger partial charge in [0.25, 0.3) is 0 Å². The summed E-state index contributed by atoms with van der Waals surface area (Å²) in [5.41, 5.74) is 20.1. The number of hydrogen-bond acceptors (Lipinski definition) is 5. The molecule has 0 heterocycles. The van der Waals surface area contributed by atoms with Crippen molar-refractivity contribution in [2.24, 2.45) is 17.2 Å². The minimum absolute atomic E-state index is 0. The summed E-state index contributed by atoms with van der Waals surface area (Å²) in [6, 6.07) is 19.4. The fourth-order valence-electron chi connectivity index (χ4n) is 2.88. The number of ether oxygens (including phenoxy) is 2. The number of halogens is 3. The number of nitrogens with one attached hydrogen (secondary N) is 3. The van der Waals surface area contributed by atoms with Crippen LogP contribution in [0.4, 0.5) is 0 Å². The number of nitrogen functional groups attached to an aromatic ring is 3. The molecule has 0 fully saturated rings. The number of rotatable bonds is 9. The maximum Gasteiger partial charge on any atom is 0.122 e. The number of amidine groups is 3. The summed E-state index contributed by atoms with van der Waals surface area (Å²) in [6.45, 7) is 0.557. The van der Waals surface area contributed by atoms with E-state index in [2.05, 4.69) is 0 Å². The zero-order valence-corrected chi connectivity index (χ0v) is 20.5. The molecule has 0 bridgehead atoms. The van der Waals surface area contributed by atoms with Crippen molar-refractivity contribution < 1.29 is 9.47 Å². The van der Waals surface area contributed by atoms with Gasteiger partial charge in [0.1, 0.15) is 42.2 Å². The summed E-state index contributed by atoms with van der Waals surface area (Å²) in [7, 11) is 0. The maximum atomic E-state index is 7.78. The van der Waals surface area contributed by atoms with Crippen LogP contribution < -0.4 is 26.7 Å². The van der Waals surface area contributed by atoms with E-state index < -0.39 is 0 Å². The third-order valence-corrected chi connectivity index (χ3v) is 4.51. The first-order chi connectivity index (χ1) is 14.8. The number of hydrogen-bond donors (Lipinski definition) is 6. The second-order valence-corrected chi connectivity index (χ2v) is 6.91. The molecule has 0 saturated carbocycles. The summed E-state index contributed by atoms with van der Waals surface area (Å²) >= 11 is 0. The lowest BCUT2D eigenvalue weighted by atomic mass is 10.1. The fraction of sp³-hybridized carbons (Fsp3) is 0.0870. The van der Waals surface area contributed by atoms with Gasteiger partial charge in [-0.25, -0.2) is 0 Å². The lowest BCUT2D eigenvalue weighted by Crippen LogP contribution is -2.13. The van der Waals surface area contributed by atoms with Gasteiger partial charge in [-0.15, -0.1) is 37.2 Å². The first kappa shape index (κ1) is 30.5. The Morgan fingerprint density at radius 1 is 0.529 bits per heavy atom. The minimum Gasteiger partial charge on any atom is -0.489 e. The van der Waals surface area contributed by atoms with Crippen molar-refractivity contribution in [1.29, 1.82) is 16.2 Å². The smallest absolute Gasteiger partial charge is 0.122 e. The topological polar surface area (TPSA) is 168 Å². The Morgan fingerprint density at radius 2 is 0.853 bits per heavy atom. The monoisotopic (exact) mass is 524 g/mol. The fourth-order valence-corrected chi connectivity index (χ4v) is 2.88. The average molecular weight is 526 g/mol. The van der Waals surface area contributed by atoms with Gasteiger partial charge in [0.05, 0.1) is 0 Å². The highest BCUT2D eigenvalue weighted by Gasteiger charge is 2.07. The van der Waals surface area contributed by atoms with Gasteiger partial charge in [0, 0.05) is 16.7 Å². The number of nitrogens with two attached hydrogens (primary N) is 3. The molecular formula is C23H27Cl3N6O2. The Morgan fingerprint density at radius 3 is 1.15 bits per heavy atom. The van der Waals surface area contributed by atoms with Gasteiger partial charge in [-0.05, 0) is 77.9 Å². The zero-order valence-electron chi connectivity index (χ0n) is 18.0. The Bertz CT molecular complexity index is 1040. The third kappa shape index (κ3) is 8.47. The molecule has 0 unspecified atom stereocenters. The van der Waals surface area contributed by atoms with Crippen LogP contribution in [-0.2, 0) is 13.2 Å². The van der Waals surface area contributed by atoms with Gasteiger partial charge < -0.3 is 26.7 Å². The quantitative estimate of drug-likeness (QED) is 0.183. The Balaban J connectivity index is 0.00000363. The highest BCUT2D eigenvalue weighted by atomic mass is 35.5. The van der Waals surface area contributed by atoms with E-state index in [0.717, 1.165) is 11.1 Å². The van der Waals surface area contributed by atoms with Crippen molar-refractivity contribution in [3.8, 4) is 11.5 Å². The van der Waals surface area contributed by atoms with Gasteiger partial charge in [0.2, 0.25) is 0 Å². The Labute approximate surface area is 216 Å². The third-order valence-electron chi connectivity index (χ3n) is 4.51. The molecule has 0 saturated heterocycles. The van der Waals surface area contributed by atoms with Crippen LogP contribution in [0.25, 0.3) is 0 Å². The van der Waals surface area contributed by atoms with Crippen LogP contribution in [-0.4, -0.2) is 17.5 Å². The molecule has 0 aliphatic carbocycles. The summed E-state index contributed by atoms with van der Waals surface area (Å²) in [5.74, 6) is 1.24. The van der Waals surface area contributed by atoms with Gasteiger partial charge >= 0.3 is 0 Å². The molecule has 3 aromatic carbocycles. The predicted molar refractivity (Wildman–Crippen MR) is 143 cm³/mol. The van der Waals surface area contributed by atoms with Gasteiger partial charge in [0.15, 0.2) is 0 Å². The van der Waals surface area contributed by atoms with E-state index in [0.29, 0.717) is 28.2 Å². The van der Waals surface area contributed by atoms with Crippen LogP contribution in [0.5, 0.6) is 11.5 Å². The molecule has 0 atom stereocenters. The van der Waals surface area contributed by atoms with E-state index in [-0.39, 0.29) is 67.9 Å². The Hall–Kier alpha value is -3.46. The molecule has 0 aromatic heterocycles. The van der Waals surface area contributed by atoms with E-state index in [1.807, 2.05) is 6.07 Å². The van der Waals surface area contributed by atoms with Crippen molar-refractivity contribution in [2.75, 3.05) is 0 Å². The van der Waals surface area contributed by atoms with Gasteiger partial charge in [-0.3, -0.25) is 16.2 Å². The van der Waals surface area contributed by atoms with E-state index in [1.54, 1.807) is 60.7 Å². The second-order valence-electron chi connectivity index (χ2n) is 6.91. The first-order valence-corrected chi connectivity index (χ1v) is 9.43. The zero-order chi connectivity index (χ0) is 22.4. The summed E-state index contributed by atoms with van der Waals surface area (Å²) < 4.78 is 11.6. The molecule has 3 rings (SSSR count). The standard InChI is InChI=1S/C23H24N6O2.3ClH/c24-21(25)16-1-5-19(6-2-16)30-12-14-9-15(11-18(10-14)23(28)29)13-31-20-7-3-17(4-8-20)22(26)27;;;/h1-11H,12-13H2,(H3,24,25)(H3,26,27)(H3,28,29);3*1H. The SMILES string of the molecule is Cl.Cl.Cl.N=C(N)c1ccc(OCc2cc(COc3ccc(C(=N)N)cc3)cc(C(=N)N)c2)cc1. The van der Waals surface area contributed by atoms with Crippen LogP contribution in [0.1, 0.15) is 27.8 Å². The molecule has 11 heteroatoms. The predicted octanol–water partition coefficient (Wildman–Crippen LogP) is 3.96. The molecule has 0 aliphatic rings. The average Bonchev–Trinajstić information content (AvgIpc) is 2.76. The summed E-state index contributed by atoms with van der Waals surface area (Å²) in [5, 5.41) is 22.7. The summed E-state index contributed by atoms with van der Waals surface area (Å²) in [4.78, 5) is 0. The van der Waals surface area contributed by atoms with Crippen molar-refractivity contribution in [1.82, 2.24) is 0 Å². The molecule has 0 amide bonds. The van der Waals surface area contributed by atoms with Crippen LogP contribution in [0, 0.1) is 16.2 Å². The molecule has 0 radical (unpaired) electrons. The van der Waals surface area contributed by atoms with E-state index in [1.165, 1.54) is 0 Å². The van der Waals surface area contributed by atoms with Crippen LogP contribution in [0.15, 0.2) is 66.7 Å². The largest absolute Gasteiger partial charge is 0.489 e. The maximum absolute atomic E-state index is 7.78. The molecule has 3 aromatic rings. The summed E-state index contributed by atoms with van der Waals surface area (Å²) in [6.07, 6.45) is 0. The van der Waals surface area contributed by atoms with Crippen LogP contribution in [0.3, 0.4) is 0 Å². The van der Waals surface area contributed by atoms with Gasteiger partial charge in [-0.2, -0.15) is 0 Å². The van der Waals surface area contributed by atoms with Crippen LogP contribution in [0.2, 0.25) is 0 Å². The van der Waals surface area contributed by atoms with Crippen molar-refractivity contribution in [2.45, 2.75) is 13.2 Å². The van der Waals surface area contributed by atoms with Crippen LogP contribution >= 0.6 is 37.2 Å². The van der Waals surface area contributed by atoms with E-state index in [4.69, 9.17) is 42.9 Å². The van der Waals surface area contributed by atoms with Crippen molar-refractivity contribution in [3.05, 3.63) is 94.5 Å². The first-order valence-electron chi connectivity index (χ1n) is 9.43. The second kappa shape index (κ2) is 13.9. The molecule has 34 heavy (non-hydrogen) atoms. The highest BCUT2D eigenvalue weighted by molar-refractivity contribution is 5.96. The molecule has 0 aliphatic heterocycles. The highest BCUT2D eigenvalue weighted by Crippen LogP contribution is 2.18. The van der Waals surface area contributed by atoms with Gasteiger partial charge in [-0.1, -0.05) is 0 Å². The molecule has 8 nitrogen and oxygen atoms in total.